The van der Waals surface area contributed by atoms with E-state index in [1.165, 1.54) is 12.8 Å². The SMILES string of the molecule is COc1cc(N=C(N)CCl)ccc1N1CCCC1. The van der Waals surface area contributed by atoms with Crippen molar-refractivity contribution < 1.29 is 4.74 Å². The van der Waals surface area contributed by atoms with E-state index < -0.39 is 0 Å². The maximum absolute atomic E-state index is 5.62. The Bertz CT molecular complexity index is 442. The van der Waals surface area contributed by atoms with Crippen LogP contribution in [0.1, 0.15) is 12.8 Å². The molecule has 0 unspecified atom stereocenters. The number of rotatable bonds is 4. The molecule has 1 aromatic carbocycles. The van der Waals surface area contributed by atoms with Crippen LogP contribution in [0, 0.1) is 0 Å². The summed E-state index contributed by atoms with van der Waals surface area (Å²) in [5.74, 6) is 1.48. The zero-order valence-electron chi connectivity index (χ0n) is 10.5. The lowest BCUT2D eigenvalue weighted by Gasteiger charge is -2.20. The normalized spacial score (nSPS) is 16.1. The minimum Gasteiger partial charge on any atom is -0.495 e. The van der Waals surface area contributed by atoms with Gasteiger partial charge >= 0.3 is 0 Å². The molecule has 4 nitrogen and oxygen atoms in total. The van der Waals surface area contributed by atoms with Gasteiger partial charge in [-0.15, -0.1) is 11.6 Å². The van der Waals surface area contributed by atoms with Gasteiger partial charge < -0.3 is 15.4 Å². The summed E-state index contributed by atoms with van der Waals surface area (Å²) in [6, 6.07) is 5.87. The molecule has 1 fully saturated rings. The summed E-state index contributed by atoms with van der Waals surface area (Å²) in [5, 5.41) is 0. The Balaban J connectivity index is 2.28. The van der Waals surface area contributed by atoms with E-state index in [1.807, 2.05) is 18.2 Å². The van der Waals surface area contributed by atoms with Crippen molar-refractivity contribution in [2.45, 2.75) is 12.8 Å². The van der Waals surface area contributed by atoms with E-state index in [4.69, 9.17) is 22.1 Å². The molecule has 2 N–H and O–H groups in total. The fourth-order valence-electron chi connectivity index (χ4n) is 2.15. The van der Waals surface area contributed by atoms with Crippen molar-refractivity contribution in [2.75, 3.05) is 31.0 Å². The molecule has 0 radical (unpaired) electrons. The van der Waals surface area contributed by atoms with Crippen LogP contribution in [0.25, 0.3) is 0 Å². The third-order valence-corrected chi connectivity index (χ3v) is 3.29. The lowest BCUT2D eigenvalue weighted by molar-refractivity contribution is 0.415. The van der Waals surface area contributed by atoms with Gasteiger partial charge in [-0.25, -0.2) is 4.99 Å². The third kappa shape index (κ3) is 2.88. The first-order chi connectivity index (χ1) is 8.74. The van der Waals surface area contributed by atoms with E-state index in [2.05, 4.69) is 9.89 Å². The van der Waals surface area contributed by atoms with Crippen LogP contribution < -0.4 is 15.4 Å². The van der Waals surface area contributed by atoms with Gasteiger partial charge in [0.1, 0.15) is 11.6 Å². The van der Waals surface area contributed by atoms with Crippen LogP contribution in [0.3, 0.4) is 0 Å². The van der Waals surface area contributed by atoms with Gasteiger partial charge in [-0.3, -0.25) is 0 Å². The predicted octanol–water partition coefficient (Wildman–Crippen LogP) is 2.52. The minimum atomic E-state index is 0.232. The second-order valence-corrected chi connectivity index (χ2v) is 4.55. The number of hydrogen-bond donors (Lipinski definition) is 1. The Labute approximate surface area is 112 Å². The Morgan fingerprint density at radius 3 is 2.78 bits per heavy atom. The van der Waals surface area contributed by atoms with Crippen LogP contribution in [0.5, 0.6) is 5.75 Å². The zero-order chi connectivity index (χ0) is 13.0. The standard InChI is InChI=1S/C13H18ClN3O/c1-18-12-8-10(16-13(15)9-14)4-5-11(12)17-6-2-3-7-17/h4-5,8H,2-3,6-7,9H2,1H3,(H2,15,16). The molecule has 5 heteroatoms. The molecule has 1 heterocycles. The lowest BCUT2D eigenvalue weighted by atomic mass is 10.2. The van der Waals surface area contributed by atoms with Gasteiger partial charge in [0.25, 0.3) is 0 Å². The zero-order valence-corrected chi connectivity index (χ0v) is 11.3. The molecule has 18 heavy (non-hydrogen) atoms. The second kappa shape index (κ2) is 5.96. The van der Waals surface area contributed by atoms with Crippen molar-refractivity contribution in [3.05, 3.63) is 18.2 Å². The molecule has 0 atom stereocenters. The minimum absolute atomic E-state index is 0.232. The number of nitrogens with zero attached hydrogens (tertiary/aromatic N) is 2. The molecule has 98 valence electrons. The number of nitrogens with two attached hydrogens (primary N) is 1. The van der Waals surface area contributed by atoms with E-state index in [0.29, 0.717) is 5.84 Å². The average molecular weight is 268 g/mol. The number of hydrogen-bond acceptors (Lipinski definition) is 3. The smallest absolute Gasteiger partial charge is 0.144 e. The number of anilines is 1. The molecule has 2 rings (SSSR count). The molecule has 1 saturated heterocycles. The second-order valence-electron chi connectivity index (χ2n) is 4.29. The van der Waals surface area contributed by atoms with Crippen LogP contribution in [0.2, 0.25) is 0 Å². The summed E-state index contributed by atoms with van der Waals surface area (Å²) in [7, 11) is 1.67. The first-order valence-corrected chi connectivity index (χ1v) is 6.60. The lowest BCUT2D eigenvalue weighted by Crippen LogP contribution is -2.18. The number of aliphatic imine (C=N–C) groups is 1. The van der Waals surface area contributed by atoms with Gasteiger partial charge in [0.15, 0.2) is 0 Å². The van der Waals surface area contributed by atoms with Crippen LogP contribution in [0.4, 0.5) is 11.4 Å². The number of benzene rings is 1. The van der Waals surface area contributed by atoms with Crippen LogP contribution in [0.15, 0.2) is 23.2 Å². The van der Waals surface area contributed by atoms with Gasteiger partial charge in [0.05, 0.1) is 24.4 Å². The number of alkyl halides is 1. The van der Waals surface area contributed by atoms with Gasteiger partial charge in [-0.05, 0) is 25.0 Å². The van der Waals surface area contributed by atoms with Crippen LogP contribution in [-0.2, 0) is 0 Å². The number of amidine groups is 1. The van der Waals surface area contributed by atoms with Crippen LogP contribution in [-0.4, -0.2) is 31.9 Å². The topological polar surface area (TPSA) is 50.9 Å². The Kier molecular flexibility index (Phi) is 4.31. The number of ether oxygens (including phenoxy) is 1. The summed E-state index contributed by atoms with van der Waals surface area (Å²) in [6.45, 7) is 2.17. The summed E-state index contributed by atoms with van der Waals surface area (Å²) in [6.07, 6.45) is 2.48. The quantitative estimate of drug-likeness (QED) is 0.518. The molecule has 1 aromatic rings. The molecule has 0 aliphatic carbocycles. The molecular formula is C13H18ClN3O. The third-order valence-electron chi connectivity index (χ3n) is 3.02. The maximum Gasteiger partial charge on any atom is 0.144 e. The molecular weight excluding hydrogens is 250 g/mol. The Morgan fingerprint density at radius 1 is 1.44 bits per heavy atom. The van der Waals surface area contributed by atoms with Gasteiger partial charge in [0, 0.05) is 19.2 Å². The van der Waals surface area contributed by atoms with E-state index in [9.17, 15) is 0 Å². The predicted molar refractivity (Wildman–Crippen MR) is 76.4 cm³/mol. The summed E-state index contributed by atoms with van der Waals surface area (Å²) >= 11 is 5.62. The molecule has 0 bridgehead atoms. The Hall–Kier alpha value is -1.42. The summed E-state index contributed by atoms with van der Waals surface area (Å²) < 4.78 is 5.43. The highest BCUT2D eigenvalue weighted by molar-refractivity contribution is 6.28. The number of methoxy groups -OCH3 is 1. The molecule has 0 aromatic heterocycles. The highest BCUT2D eigenvalue weighted by atomic mass is 35.5. The van der Waals surface area contributed by atoms with Crippen molar-refractivity contribution in [3.8, 4) is 5.75 Å². The largest absolute Gasteiger partial charge is 0.495 e. The van der Waals surface area contributed by atoms with Crippen molar-refractivity contribution in [3.63, 3.8) is 0 Å². The molecule has 1 aliphatic heterocycles. The summed E-state index contributed by atoms with van der Waals surface area (Å²) in [4.78, 5) is 6.55. The molecule has 0 amide bonds. The van der Waals surface area contributed by atoms with Crippen molar-refractivity contribution in [1.29, 1.82) is 0 Å². The highest BCUT2D eigenvalue weighted by Crippen LogP contribution is 2.34. The first-order valence-electron chi connectivity index (χ1n) is 6.06. The highest BCUT2D eigenvalue weighted by Gasteiger charge is 2.16. The van der Waals surface area contributed by atoms with Crippen molar-refractivity contribution in [2.24, 2.45) is 10.7 Å². The fourth-order valence-corrected chi connectivity index (χ4v) is 2.21. The van der Waals surface area contributed by atoms with Gasteiger partial charge in [0.2, 0.25) is 0 Å². The maximum atomic E-state index is 5.62. The van der Waals surface area contributed by atoms with Gasteiger partial charge in [-0.2, -0.15) is 0 Å². The number of halogens is 1. The molecule has 0 saturated carbocycles. The van der Waals surface area contributed by atoms with Crippen molar-refractivity contribution >= 4 is 28.8 Å². The average Bonchev–Trinajstić information content (AvgIpc) is 2.92. The van der Waals surface area contributed by atoms with E-state index >= 15 is 0 Å². The fraction of sp³-hybridized carbons (Fsp3) is 0.462. The molecule has 0 spiro atoms. The first kappa shape index (κ1) is 13.0. The van der Waals surface area contributed by atoms with E-state index in [0.717, 1.165) is 30.2 Å². The monoisotopic (exact) mass is 267 g/mol. The van der Waals surface area contributed by atoms with E-state index in [1.54, 1.807) is 7.11 Å². The van der Waals surface area contributed by atoms with E-state index in [-0.39, 0.29) is 5.88 Å². The van der Waals surface area contributed by atoms with Gasteiger partial charge in [-0.1, -0.05) is 0 Å². The summed E-state index contributed by atoms with van der Waals surface area (Å²) in [5.41, 5.74) is 7.52. The van der Waals surface area contributed by atoms with Crippen LogP contribution >= 0.6 is 11.6 Å². The van der Waals surface area contributed by atoms with Crippen molar-refractivity contribution in [1.82, 2.24) is 0 Å². The Morgan fingerprint density at radius 2 is 2.17 bits per heavy atom. The molecule has 1 aliphatic rings.